The zero-order chi connectivity index (χ0) is 55.2. The fourth-order valence-electron chi connectivity index (χ4n) is 8.53. The number of rotatable bonds is 21. The van der Waals surface area contributed by atoms with Crippen molar-refractivity contribution in [3.63, 3.8) is 0 Å². The van der Waals surface area contributed by atoms with Gasteiger partial charge in [0.15, 0.2) is 14.5 Å². The van der Waals surface area contributed by atoms with Gasteiger partial charge in [-0.2, -0.15) is 18.4 Å². The van der Waals surface area contributed by atoms with Crippen LogP contribution in [0.3, 0.4) is 0 Å². The van der Waals surface area contributed by atoms with E-state index in [1.165, 1.54) is 31.9 Å². The van der Waals surface area contributed by atoms with Crippen LogP contribution in [-0.2, 0) is 42.6 Å². The van der Waals surface area contributed by atoms with Crippen molar-refractivity contribution in [2.75, 3.05) is 34.0 Å². The fraction of sp³-hybridized carbons (Fsp3) is 0.451. The van der Waals surface area contributed by atoms with Crippen molar-refractivity contribution in [1.29, 1.82) is 5.26 Å². The standard InChI is InChI=1S/C51H60F3N6O14PSi/c1-31-28-60(48(65)58-44(31)62)41-27-37(74-76(7,8)49(2,3)4)38(71-41)30-70-75(69-26-12-24-55)73-43-39(72-45(42(43)57-46(63)51(52,53)54)59-25-23-40(61)56-47(59)64)29-68-50(32-13-10-9-11-14-32,33-15-19-35(66-5)20-16-33)34-17-21-36(67-6)22-18-34/h9-11,13-23,25,28,37-39,41-43,45H,12,26-27,29-30H2,1-8H3,(H,57,63)(H,56,61,64)(H,58,62,65)/t37-,38+,39+,41+,42+,43+,45+,75?/m0/s1. The third-order valence-corrected chi connectivity index (χ3v) is 19.2. The molecule has 1 unspecified atom stereocenters. The zero-order valence-corrected chi connectivity index (χ0v) is 44.8. The Morgan fingerprint density at radius 3 is 2.00 bits per heavy atom. The highest BCUT2D eigenvalue weighted by atomic mass is 31.2. The number of benzene rings is 3. The number of aryl methyl sites for hydroxylation is 1. The fourth-order valence-corrected chi connectivity index (χ4v) is 11.1. The maximum absolute atomic E-state index is 14.4. The lowest BCUT2D eigenvalue weighted by atomic mass is 9.80. The number of hydrogen-bond donors (Lipinski definition) is 3. The molecule has 8 atom stereocenters. The van der Waals surface area contributed by atoms with Crippen LogP contribution in [0.1, 0.15) is 68.3 Å². The molecule has 5 aromatic rings. The van der Waals surface area contributed by atoms with Crippen molar-refractivity contribution in [2.24, 2.45) is 0 Å². The SMILES string of the molecule is COc1ccc(C(OC[C@H]2O[C@@H](n3ccc(=O)[nH]c3=O)[C@H](NC(=O)C(F)(F)F)[C@@H]2OP(OCCC#N)OC[C@H]2O[C@@H](n3cc(C)c(=O)[nH]c3=O)C[C@@H]2O[Si](C)(C)C(C)(C)C)(c2ccccc2)c2ccc(OC)cc2)cc1. The van der Waals surface area contributed by atoms with Crippen molar-refractivity contribution < 1.29 is 59.6 Å². The Balaban J connectivity index is 1.32. The van der Waals surface area contributed by atoms with E-state index in [1.54, 1.807) is 66.7 Å². The third-order valence-electron chi connectivity index (χ3n) is 13.5. The molecule has 2 aliphatic heterocycles. The van der Waals surface area contributed by atoms with Gasteiger partial charge >= 0.3 is 32.1 Å². The average Bonchev–Trinajstić information content (AvgIpc) is 3.93. The Bertz CT molecular complexity index is 3020. The van der Waals surface area contributed by atoms with Crippen molar-refractivity contribution in [3.8, 4) is 17.6 Å². The van der Waals surface area contributed by atoms with E-state index in [-0.39, 0.29) is 36.7 Å². The molecule has 2 fully saturated rings. The topological polar surface area (TPSA) is 246 Å². The van der Waals surface area contributed by atoms with Crippen molar-refractivity contribution in [2.45, 2.75) is 113 Å². The van der Waals surface area contributed by atoms with E-state index in [2.05, 4.69) is 9.97 Å². The van der Waals surface area contributed by atoms with E-state index < -0.39 is 107 Å². The number of nitrogens with zero attached hydrogens (tertiary/aromatic N) is 3. The highest BCUT2D eigenvalue weighted by Crippen LogP contribution is 2.49. The van der Waals surface area contributed by atoms with E-state index >= 15 is 0 Å². The highest BCUT2D eigenvalue weighted by molar-refractivity contribution is 7.41. The van der Waals surface area contributed by atoms with E-state index in [0.717, 1.165) is 16.8 Å². The Kier molecular flexibility index (Phi) is 18.1. The molecule has 408 valence electrons. The number of methoxy groups -OCH3 is 2. The maximum atomic E-state index is 14.4. The van der Waals surface area contributed by atoms with Crippen molar-refractivity contribution in [3.05, 3.63) is 161 Å². The monoisotopic (exact) mass is 1100 g/mol. The van der Waals surface area contributed by atoms with Crippen LogP contribution in [0.5, 0.6) is 11.5 Å². The summed E-state index contributed by atoms with van der Waals surface area (Å²) in [5.41, 5.74) is -2.82. The number of amides is 1. The second-order valence-corrected chi connectivity index (χ2v) is 25.4. The predicted octanol–water partition coefficient (Wildman–Crippen LogP) is 6.60. The van der Waals surface area contributed by atoms with Gasteiger partial charge in [-0.3, -0.25) is 33.5 Å². The number of carbonyl (C=O) groups is 1. The largest absolute Gasteiger partial charge is 0.497 e. The number of carbonyl (C=O) groups excluding carboxylic acids is 1. The smallest absolute Gasteiger partial charge is 0.471 e. The molecule has 7 rings (SSSR count). The lowest BCUT2D eigenvalue weighted by Gasteiger charge is -2.39. The molecular weight excluding hydrogens is 1040 g/mol. The Morgan fingerprint density at radius 2 is 1.43 bits per heavy atom. The Morgan fingerprint density at radius 1 is 0.829 bits per heavy atom. The summed E-state index contributed by atoms with van der Waals surface area (Å²) in [7, 11) is -2.35. The molecule has 0 spiro atoms. The summed E-state index contributed by atoms with van der Waals surface area (Å²) in [6.45, 7) is 10.4. The first-order valence-electron chi connectivity index (χ1n) is 24.1. The zero-order valence-electron chi connectivity index (χ0n) is 43.0. The number of nitrogens with one attached hydrogen (secondary N) is 3. The first-order chi connectivity index (χ1) is 36.0. The summed E-state index contributed by atoms with van der Waals surface area (Å²) < 4.78 is 102. The quantitative estimate of drug-likeness (QED) is 0.0303. The normalized spacial score (nSPS) is 21.5. The molecule has 3 aromatic carbocycles. The van der Waals surface area contributed by atoms with Crippen LogP contribution in [0.25, 0.3) is 0 Å². The summed E-state index contributed by atoms with van der Waals surface area (Å²) in [6, 6.07) is 24.0. The lowest BCUT2D eigenvalue weighted by Crippen LogP contribution is -2.52. The number of ether oxygens (including phenoxy) is 5. The number of alkyl halides is 3. The second-order valence-electron chi connectivity index (χ2n) is 19.5. The maximum Gasteiger partial charge on any atom is 0.471 e. The van der Waals surface area contributed by atoms with E-state index in [1.807, 2.05) is 57.4 Å². The minimum Gasteiger partial charge on any atom is -0.497 e. The average molecular weight is 1100 g/mol. The van der Waals surface area contributed by atoms with Gasteiger partial charge in [0.25, 0.3) is 11.1 Å². The number of nitriles is 1. The molecule has 2 aliphatic rings. The minimum absolute atomic E-state index is 0.128. The number of H-pyrrole nitrogens is 2. The number of halogens is 3. The molecule has 3 N–H and O–H groups in total. The van der Waals surface area contributed by atoms with Crippen molar-refractivity contribution >= 4 is 22.8 Å². The number of aromatic amines is 2. The van der Waals surface area contributed by atoms with Gasteiger partial charge in [0.05, 0.1) is 52.6 Å². The van der Waals surface area contributed by atoms with Gasteiger partial charge in [0.1, 0.15) is 47.7 Å². The molecule has 2 aromatic heterocycles. The summed E-state index contributed by atoms with van der Waals surface area (Å²) in [4.78, 5) is 68.8. The van der Waals surface area contributed by atoms with Gasteiger partial charge in [-0.25, -0.2) is 9.59 Å². The van der Waals surface area contributed by atoms with E-state index in [0.29, 0.717) is 28.2 Å². The van der Waals surface area contributed by atoms with Gasteiger partial charge in [-0.05, 0) is 66.0 Å². The first-order valence-corrected chi connectivity index (χ1v) is 28.1. The minimum atomic E-state index is -5.46. The van der Waals surface area contributed by atoms with Crippen LogP contribution in [0.15, 0.2) is 117 Å². The summed E-state index contributed by atoms with van der Waals surface area (Å²) in [6.07, 6.45) is -10.9. The van der Waals surface area contributed by atoms with Crippen LogP contribution in [0.2, 0.25) is 18.1 Å². The van der Waals surface area contributed by atoms with Gasteiger partial charge in [-0.1, -0.05) is 75.4 Å². The molecular formula is C51H60F3N6O14PSi. The van der Waals surface area contributed by atoms with Crippen LogP contribution in [0.4, 0.5) is 13.2 Å². The van der Waals surface area contributed by atoms with Crippen LogP contribution < -0.4 is 37.3 Å². The van der Waals surface area contributed by atoms with Crippen LogP contribution in [-0.4, -0.2) is 104 Å². The number of aromatic nitrogens is 4. The first kappa shape index (κ1) is 57.4. The third kappa shape index (κ3) is 12.9. The molecule has 0 radical (unpaired) electrons. The van der Waals surface area contributed by atoms with Gasteiger partial charge in [0.2, 0.25) is 0 Å². The highest BCUT2D eigenvalue weighted by Gasteiger charge is 2.54. The Labute approximate surface area is 437 Å². The van der Waals surface area contributed by atoms with E-state index in [9.17, 15) is 42.4 Å². The predicted molar refractivity (Wildman–Crippen MR) is 272 cm³/mol. The molecule has 25 heteroatoms. The summed E-state index contributed by atoms with van der Waals surface area (Å²) in [5, 5.41) is 11.2. The lowest BCUT2D eigenvalue weighted by molar-refractivity contribution is -0.175. The second kappa shape index (κ2) is 24.0. The van der Waals surface area contributed by atoms with Crippen LogP contribution in [0, 0.1) is 18.3 Å². The molecule has 0 aliphatic carbocycles. The molecule has 4 heterocycles. The van der Waals surface area contributed by atoms with Gasteiger partial charge in [-0.15, -0.1) is 0 Å². The molecule has 1 amide bonds. The molecule has 2 saturated heterocycles. The van der Waals surface area contributed by atoms with Crippen LogP contribution >= 0.6 is 8.60 Å². The molecule has 0 saturated carbocycles. The Hall–Kier alpha value is -6.26. The summed E-state index contributed by atoms with van der Waals surface area (Å²) >= 11 is 0. The molecule has 0 bridgehead atoms. The van der Waals surface area contributed by atoms with E-state index in [4.69, 9.17) is 41.7 Å². The van der Waals surface area contributed by atoms with Crippen molar-refractivity contribution in [1.82, 2.24) is 24.4 Å². The van der Waals surface area contributed by atoms with Gasteiger partial charge in [0, 0.05) is 30.4 Å². The summed E-state index contributed by atoms with van der Waals surface area (Å²) in [5.74, 6) is -1.38. The molecule has 76 heavy (non-hydrogen) atoms. The number of hydrogen-bond acceptors (Lipinski definition) is 15. The molecule has 20 nitrogen and oxygen atoms in total. The van der Waals surface area contributed by atoms with Gasteiger partial charge < -0.3 is 47.0 Å².